The molecule has 0 bridgehead atoms. The van der Waals surface area contributed by atoms with E-state index in [2.05, 4.69) is 47.5 Å². The summed E-state index contributed by atoms with van der Waals surface area (Å²) < 4.78 is 6.04. The predicted octanol–water partition coefficient (Wildman–Crippen LogP) is 5.51. The average Bonchev–Trinajstić information content (AvgIpc) is 2.93. The van der Waals surface area contributed by atoms with Crippen LogP contribution in [0.15, 0.2) is 48.5 Å². The molecule has 0 aliphatic carbocycles. The molecule has 2 aromatic rings. The Morgan fingerprint density at radius 1 is 1.08 bits per heavy atom. The maximum absolute atomic E-state index is 13.6. The van der Waals surface area contributed by atoms with E-state index in [4.69, 9.17) is 4.74 Å². The molecule has 0 unspecified atom stereocenters. The topological polar surface area (TPSA) is 61.9 Å². The molecule has 0 radical (unpaired) electrons. The van der Waals surface area contributed by atoms with E-state index in [1.165, 1.54) is 36.0 Å². The molecule has 0 spiro atoms. The first kappa shape index (κ1) is 25.6. The molecule has 6 heteroatoms. The maximum atomic E-state index is 13.6. The molecule has 1 N–H and O–H groups in total. The van der Waals surface area contributed by atoms with Crippen LogP contribution in [-0.4, -0.2) is 54.0 Å². The fourth-order valence-corrected chi connectivity index (χ4v) is 6.41. The van der Waals surface area contributed by atoms with Crippen LogP contribution >= 0.6 is 0 Å². The third-order valence-corrected chi connectivity index (χ3v) is 8.38. The van der Waals surface area contributed by atoms with Gasteiger partial charge in [0.25, 0.3) is 0 Å². The fourth-order valence-electron chi connectivity index (χ4n) is 6.41. The summed E-state index contributed by atoms with van der Waals surface area (Å²) in [6, 6.07) is 16.6. The van der Waals surface area contributed by atoms with Gasteiger partial charge in [0.1, 0.15) is 5.75 Å². The number of ether oxygens (including phenoxy) is 1. The number of carbonyl (C=O) groups is 2. The summed E-state index contributed by atoms with van der Waals surface area (Å²) in [6.07, 6.45) is 9.01. The Balaban J connectivity index is 1.24. The molecular weight excluding hydrogens is 462 g/mol. The molecule has 37 heavy (non-hydrogen) atoms. The molecule has 3 atom stereocenters. The van der Waals surface area contributed by atoms with Gasteiger partial charge in [-0.05, 0) is 67.3 Å². The van der Waals surface area contributed by atoms with Crippen LogP contribution in [0.2, 0.25) is 0 Å². The highest BCUT2D eigenvalue weighted by Gasteiger charge is 2.48. The number of carbonyl (C=O) groups excluding carboxylic acids is 2. The number of benzene rings is 2. The van der Waals surface area contributed by atoms with Gasteiger partial charge in [-0.25, -0.2) is 4.79 Å². The number of urea groups is 1. The number of amides is 3. The molecule has 5 rings (SSSR count). The van der Waals surface area contributed by atoms with E-state index < -0.39 is 0 Å². The molecule has 2 aromatic carbocycles. The van der Waals surface area contributed by atoms with Gasteiger partial charge in [0.2, 0.25) is 5.91 Å². The van der Waals surface area contributed by atoms with Crippen molar-refractivity contribution < 1.29 is 14.3 Å². The molecule has 3 amide bonds. The summed E-state index contributed by atoms with van der Waals surface area (Å²) >= 11 is 0. The summed E-state index contributed by atoms with van der Waals surface area (Å²) in [5.74, 6) is 1.07. The summed E-state index contributed by atoms with van der Waals surface area (Å²) in [5, 5.41) is 3.13. The van der Waals surface area contributed by atoms with Gasteiger partial charge in [0, 0.05) is 25.7 Å². The lowest BCUT2D eigenvalue weighted by atomic mass is 9.76. The number of nitrogens with zero attached hydrogens (tertiary/aromatic N) is 2. The van der Waals surface area contributed by atoms with E-state index in [9.17, 15) is 9.59 Å². The maximum Gasteiger partial charge on any atom is 0.317 e. The Hall–Kier alpha value is -3.02. The zero-order chi connectivity index (χ0) is 25.6. The molecule has 0 aromatic heterocycles. The van der Waals surface area contributed by atoms with E-state index in [1.807, 2.05) is 23.1 Å². The first-order valence-corrected chi connectivity index (χ1v) is 14.3. The van der Waals surface area contributed by atoms with E-state index in [1.54, 1.807) is 0 Å². The number of hydrogen-bond acceptors (Lipinski definition) is 3. The number of hydrogen-bond donors (Lipinski definition) is 1. The fraction of sp³-hybridized carbons (Fsp3) is 0.548. The number of nitrogens with one attached hydrogen (secondary N) is 1. The van der Waals surface area contributed by atoms with Gasteiger partial charge in [-0.1, -0.05) is 62.6 Å². The number of unbranched alkanes of at least 4 members (excludes halogenated alkanes) is 3. The van der Waals surface area contributed by atoms with E-state index in [0.717, 1.165) is 64.0 Å². The van der Waals surface area contributed by atoms with Gasteiger partial charge in [-0.2, -0.15) is 0 Å². The van der Waals surface area contributed by atoms with Crippen molar-refractivity contribution in [3.05, 3.63) is 65.2 Å². The third kappa shape index (κ3) is 5.78. The van der Waals surface area contributed by atoms with Gasteiger partial charge in [-0.3, -0.25) is 4.79 Å². The summed E-state index contributed by atoms with van der Waals surface area (Å²) in [6.45, 7) is 5.05. The van der Waals surface area contributed by atoms with Crippen LogP contribution in [0.4, 0.5) is 4.79 Å². The van der Waals surface area contributed by atoms with Crippen molar-refractivity contribution in [2.24, 2.45) is 5.92 Å². The van der Waals surface area contributed by atoms with E-state index in [0.29, 0.717) is 6.54 Å². The zero-order valence-electron chi connectivity index (χ0n) is 22.2. The highest BCUT2D eigenvalue weighted by atomic mass is 16.5. The Bertz CT molecular complexity index is 1070. The lowest BCUT2D eigenvalue weighted by molar-refractivity contribution is -0.148. The molecule has 2 saturated heterocycles. The van der Waals surface area contributed by atoms with Gasteiger partial charge < -0.3 is 19.9 Å². The Morgan fingerprint density at radius 2 is 1.95 bits per heavy atom. The van der Waals surface area contributed by atoms with Crippen LogP contribution in [0.1, 0.15) is 74.6 Å². The minimum atomic E-state index is -0.0860. The predicted molar refractivity (Wildman–Crippen MR) is 146 cm³/mol. The number of likely N-dealkylation sites (tertiary alicyclic amines) is 1. The lowest BCUT2D eigenvalue weighted by Gasteiger charge is -2.51. The number of fused-ring (bicyclic) bond motifs is 4. The molecule has 198 valence electrons. The van der Waals surface area contributed by atoms with E-state index >= 15 is 0 Å². The number of rotatable bonds is 9. The Morgan fingerprint density at radius 3 is 2.78 bits per heavy atom. The van der Waals surface area contributed by atoms with Gasteiger partial charge in [0.05, 0.1) is 18.6 Å². The molecule has 2 fully saturated rings. The minimum absolute atomic E-state index is 0.0327. The molecule has 3 aliphatic rings. The highest BCUT2D eigenvalue weighted by molar-refractivity contribution is 5.83. The molecule has 3 heterocycles. The average molecular weight is 504 g/mol. The second kappa shape index (κ2) is 12.0. The molecule has 3 aliphatic heterocycles. The van der Waals surface area contributed by atoms with Crippen LogP contribution < -0.4 is 10.1 Å². The van der Waals surface area contributed by atoms with Crippen molar-refractivity contribution in [2.45, 2.75) is 76.8 Å². The van der Waals surface area contributed by atoms with Gasteiger partial charge >= 0.3 is 6.03 Å². The SMILES string of the molecule is CCCCCCOc1ccc2c(c1)CCN1C(=O)[C@H]3CCCN(C(=O)NCCc4ccccc4)[C@H]3C[C@H]21. The normalized spacial score (nSPS) is 22.6. The Labute approximate surface area is 221 Å². The Kier molecular flexibility index (Phi) is 8.32. The first-order chi connectivity index (χ1) is 18.2. The largest absolute Gasteiger partial charge is 0.494 e. The molecule has 6 nitrogen and oxygen atoms in total. The monoisotopic (exact) mass is 503 g/mol. The molecular formula is C31H41N3O3. The highest BCUT2D eigenvalue weighted by Crippen LogP contribution is 2.44. The lowest BCUT2D eigenvalue weighted by Crippen LogP contribution is -2.61. The third-order valence-electron chi connectivity index (χ3n) is 8.38. The van der Waals surface area contributed by atoms with Gasteiger partial charge in [0.15, 0.2) is 0 Å². The van der Waals surface area contributed by atoms with Crippen molar-refractivity contribution in [2.75, 3.05) is 26.2 Å². The molecule has 0 saturated carbocycles. The zero-order valence-corrected chi connectivity index (χ0v) is 22.2. The van der Waals surface area contributed by atoms with Crippen molar-refractivity contribution in [1.29, 1.82) is 0 Å². The van der Waals surface area contributed by atoms with Crippen LogP contribution in [0.3, 0.4) is 0 Å². The van der Waals surface area contributed by atoms with E-state index in [-0.39, 0.29) is 29.9 Å². The van der Waals surface area contributed by atoms with Gasteiger partial charge in [-0.15, -0.1) is 0 Å². The minimum Gasteiger partial charge on any atom is -0.494 e. The van der Waals surface area contributed by atoms with Crippen molar-refractivity contribution in [3.63, 3.8) is 0 Å². The second-order valence-electron chi connectivity index (χ2n) is 10.8. The standard InChI is InChI=1S/C31H41N3O3/c1-2-3-4-8-20-37-25-13-14-26-24(21-25)16-19-33-28(26)22-29-27(30(33)35)12-9-18-34(29)31(36)32-17-15-23-10-6-5-7-11-23/h5-7,10-11,13-14,21,27-29H,2-4,8-9,12,15-20,22H2,1H3,(H,32,36)/t27-,28+,29-/m0/s1. The summed E-state index contributed by atoms with van der Waals surface area (Å²) in [4.78, 5) is 30.9. The van der Waals surface area contributed by atoms with Crippen LogP contribution in [-0.2, 0) is 17.6 Å². The second-order valence-corrected chi connectivity index (χ2v) is 10.8. The van der Waals surface area contributed by atoms with Crippen molar-refractivity contribution in [3.8, 4) is 5.75 Å². The summed E-state index contributed by atoms with van der Waals surface area (Å²) in [5.41, 5.74) is 3.73. The smallest absolute Gasteiger partial charge is 0.317 e. The number of piperidine rings is 2. The van der Waals surface area contributed by atoms with Crippen LogP contribution in [0, 0.1) is 5.92 Å². The van der Waals surface area contributed by atoms with Crippen LogP contribution in [0.5, 0.6) is 5.75 Å². The quantitative estimate of drug-likeness (QED) is 0.459. The van der Waals surface area contributed by atoms with Crippen molar-refractivity contribution >= 4 is 11.9 Å². The summed E-state index contributed by atoms with van der Waals surface area (Å²) in [7, 11) is 0. The van der Waals surface area contributed by atoms with Crippen molar-refractivity contribution in [1.82, 2.24) is 15.1 Å². The van der Waals surface area contributed by atoms with Crippen LogP contribution in [0.25, 0.3) is 0 Å². The first-order valence-electron chi connectivity index (χ1n) is 14.3.